The minimum absolute atomic E-state index is 0.272. The fourth-order valence-electron chi connectivity index (χ4n) is 4.53. The monoisotopic (exact) mass is 421 g/mol. The Hall–Kier alpha value is -2.61. The van der Waals surface area contributed by atoms with Crippen LogP contribution >= 0.6 is 0 Å². The topological polar surface area (TPSA) is 52.1 Å². The number of anilines is 1. The first kappa shape index (κ1) is 20.7. The van der Waals surface area contributed by atoms with Crippen molar-refractivity contribution in [2.24, 2.45) is 0 Å². The molecule has 0 radical (unpaired) electrons. The zero-order chi connectivity index (χ0) is 21.7. The zero-order valence-electron chi connectivity index (χ0n) is 16.7. The van der Waals surface area contributed by atoms with Gasteiger partial charge in [-0.3, -0.25) is 4.98 Å². The predicted molar refractivity (Wildman–Crippen MR) is 107 cm³/mol. The molecule has 1 aliphatic heterocycles. The van der Waals surface area contributed by atoms with Gasteiger partial charge < -0.3 is 15.0 Å². The van der Waals surface area contributed by atoms with Crippen molar-refractivity contribution < 1.29 is 22.7 Å². The van der Waals surface area contributed by atoms with Crippen molar-refractivity contribution in [2.45, 2.75) is 43.4 Å². The summed E-state index contributed by atoms with van der Waals surface area (Å²) in [5, 5.41) is 11.6. The number of fused-ring (bicyclic) bond motifs is 2. The molecule has 2 unspecified atom stereocenters. The lowest BCUT2D eigenvalue weighted by Crippen LogP contribution is -2.53. The fraction of sp³-hybridized carbons (Fsp3) is 0.409. The highest BCUT2D eigenvalue weighted by molar-refractivity contribution is 5.79. The summed E-state index contributed by atoms with van der Waals surface area (Å²) in [5.74, 6) is -0.506. The highest BCUT2D eigenvalue weighted by Gasteiger charge is 2.57. The quantitative estimate of drug-likeness (QED) is 0.599. The van der Waals surface area contributed by atoms with Crippen LogP contribution in [0.15, 0.2) is 42.7 Å². The molecule has 3 heterocycles. The largest absolute Gasteiger partial charge is 0.417 e. The standard InChI is InChI=1S/C22H23F4N3O/c1-20(6-8-29(2)19-4-3-15(23)10-17(19)20)13-21(30,22(24,25)26)11-16-9-14-12-27-7-5-18(14)28-16/h3-5,7,9-10,12,28,30H,6,8,11,13H2,1-2H3. The van der Waals surface area contributed by atoms with E-state index < -0.39 is 35.9 Å². The van der Waals surface area contributed by atoms with Gasteiger partial charge in [0.15, 0.2) is 5.60 Å². The first-order valence-electron chi connectivity index (χ1n) is 9.73. The molecule has 0 fully saturated rings. The van der Waals surface area contributed by atoms with E-state index in [4.69, 9.17) is 0 Å². The first-order valence-corrected chi connectivity index (χ1v) is 9.73. The van der Waals surface area contributed by atoms with E-state index in [1.165, 1.54) is 12.1 Å². The number of nitrogens with zero attached hydrogens (tertiary/aromatic N) is 2. The summed E-state index contributed by atoms with van der Waals surface area (Å²) < 4.78 is 56.4. The lowest BCUT2D eigenvalue weighted by Gasteiger charge is -2.45. The number of aromatic nitrogens is 2. The van der Waals surface area contributed by atoms with Crippen LogP contribution in [0.1, 0.15) is 31.0 Å². The molecule has 1 aromatic carbocycles. The molecule has 0 bridgehead atoms. The highest BCUT2D eigenvalue weighted by Crippen LogP contribution is 2.48. The summed E-state index contributed by atoms with van der Waals surface area (Å²) in [7, 11) is 1.82. The van der Waals surface area contributed by atoms with E-state index in [1.807, 2.05) is 11.9 Å². The Morgan fingerprint density at radius 3 is 2.70 bits per heavy atom. The Bertz CT molecular complexity index is 1050. The van der Waals surface area contributed by atoms with E-state index in [-0.39, 0.29) is 5.69 Å². The summed E-state index contributed by atoms with van der Waals surface area (Å²) in [6.45, 7) is 2.19. The highest BCUT2D eigenvalue weighted by atomic mass is 19.4. The Morgan fingerprint density at radius 2 is 2.00 bits per heavy atom. The molecule has 4 nitrogen and oxygen atoms in total. The molecule has 8 heteroatoms. The van der Waals surface area contributed by atoms with Gasteiger partial charge in [0.05, 0.1) is 0 Å². The Kier molecular flexibility index (Phi) is 4.80. The van der Waals surface area contributed by atoms with Crippen LogP contribution < -0.4 is 4.90 Å². The predicted octanol–water partition coefficient (Wildman–Crippen LogP) is 4.73. The van der Waals surface area contributed by atoms with Crippen molar-refractivity contribution in [1.29, 1.82) is 0 Å². The maximum Gasteiger partial charge on any atom is 0.417 e. The smallest absolute Gasteiger partial charge is 0.380 e. The molecule has 0 aliphatic carbocycles. The van der Waals surface area contributed by atoms with Gasteiger partial charge in [-0.15, -0.1) is 0 Å². The second kappa shape index (κ2) is 6.97. The number of hydrogen-bond acceptors (Lipinski definition) is 3. The lowest BCUT2D eigenvalue weighted by atomic mass is 9.68. The van der Waals surface area contributed by atoms with Gasteiger partial charge in [-0.1, -0.05) is 6.92 Å². The zero-order valence-corrected chi connectivity index (χ0v) is 16.7. The second-order valence-corrected chi connectivity index (χ2v) is 8.53. The van der Waals surface area contributed by atoms with Crippen LogP contribution in [0, 0.1) is 5.82 Å². The van der Waals surface area contributed by atoms with Gasteiger partial charge in [-0.2, -0.15) is 13.2 Å². The Labute approximate surface area is 171 Å². The summed E-state index contributed by atoms with van der Waals surface area (Å²) in [6, 6.07) is 7.41. The molecule has 160 valence electrons. The fourth-order valence-corrected chi connectivity index (χ4v) is 4.53. The van der Waals surface area contributed by atoms with Gasteiger partial charge in [0.25, 0.3) is 0 Å². The van der Waals surface area contributed by atoms with Crippen molar-refractivity contribution in [2.75, 3.05) is 18.5 Å². The van der Waals surface area contributed by atoms with Gasteiger partial charge in [0.2, 0.25) is 0 Å². The van der Waals surface area contributed by atoms with Gasteiger partial charge in [-0.25, -0.2) is 4.39 Å². The van der Waals surface area contributed by atoms with Crippen LogP contribution in [-0.2, 0) is 11.8 Å². The number of aromatic amines is 1. The number of benzene rings is 1. The van der Waals surface area contributed by atoms with Crippen LogP contribution in [0.25, 0.3) is 10.9 Å². The van der Waals surface area contributed by atoms with Gasteiger partial charge in [0, 0.05) is 54.7 Å². The molecule has 2 N–H and O–H groups in total. The molecular formula is C22H23F4N3O. The molecule has 2 aromatic heterocycles. The Morgan fingerprint density at radius 1 is 1.23 bits per heavy atom. The van der Waals surface area contributed by atoms with Crippen molar-refractivity contribution in [1.82, 2.24) is 9.97 Å². The number of aliphatic hydroxyl groups is 1. The van der Waals surface area contributed by atoms with Crippen LogP contribution in [0.3, 0.4) is 0 Å². The molecule has 0 amide bonds. The number of alkyl halides is 3. The lowest BCUT2D eigenvalue weighted by molar-refractivity contribution is -0.267. The minimum Gasteiger partial charge on any atom is -0.380 e. The molecule has 3 aromatic rings. The average Bonchev–Trinajstić information content (AvgIpc) is 3.06. The molecule has 0 saturated heterocycles. The number of rotatable bonds is 4. The number of halogens is 4. The van der Waals surface area contributed by atoms with E-state index in [0.29, 0.717) is 35.1 Å². The molecule has 2 atom stereocenters. The second-order valence-electron chi connectivity index (χ2n) is 8.53. The SMILES string of the molecule is CN1CCC(C)(CC(O)(Cc2cc3cnccc3[nH]2)C(F)(F)F)c2cc(F)ccc21. The number of hydrogen-bond donors (Lipinski definition) is 2. The maximum atomic E-state index is 14.1. The molecule has 30 heavy (non-hydrogen) atoms. The molecule has 1 aliphatic rings. The van der Waals surface area contributed by atoms with Crippen molar-refractivity contribution in [3.8, 4) is 0 Å². The third-order valence-corrected chi connectivity index (χ3v) is 6.19. The van der Waals surface area contributed by atoms with Crippen molar-refractivity contribution >= 4 is 16.6 Å². The number of pyridine rings is 1. The molecule has 0 spiro atoms. The van der Waals surface area contributed by atoms with Crippen LogP contribution in [0.5, 0.6) is 0 Å². The minimum atomic E-state index is -4.86. The average molecular weight is 421 g/mol. The van der Waals surface area contributed by atoms with Crippen molar-refractivity contribution in [3.05, 3.63) is 59.8 Å². The first-order chi connectivity index (χ1) is 14.0. The van der Waals surface area contributed by atoms with E-state index in [0.717, 1.165) is 0 Å². The summed E-state index contributed by atoms with van der Waals surface area (Å²) in [6.07, 6.45) is -2.58. The van der Waals surface area contributed by atoms with Gasteiger partial charge in [0.1, 0.15) is 5.82 Å². The van der Waals surface area contributed by atoms with Crippen LogP contribution in [0.4, 0.5) is 23.2 Å². The normalized spacial score (nSPS) is 21.5. The Balaban J connectivity index is 1.73. The summed E-state index contributed by atoms with van der Waals surface area (Å²) >= 11 is 0. The van der Waals surface area contributed by atoms with E-state index in [9.17, 15) is 22.7 Å². The van der Waals surface area contributed by atoms with Crippen LogP contribution in [-0.4, -0.2) is 40.4 Å². The number of nitrogens with one attached hydrogen (secondary N) is 1. The number of H-pyrrole nitrogens is 1. The van der Waals surface area contributed by atoms with Crippen molar-refractivity contribution in [3.63, 3.8) is 0 Å². The maximum absolute atomic E-state index is 14.1. The van der Waals surface area contributed by atoms with E-state index in [1.54, 1.807) is 37.5 Å². The van der Waals surface area contributed by atoms with E-state index in [2.05, 4.69) is 9.97 Å². The van der Waals surface area contributed by atoms with Gasteiger partial charge in [-0.05, 0) is 54.2 Å². The summed E-state index contributed by atoms with van der Waals surface area (Å²) in [4.78, 5) is 8.81. The summed E-state index contributed by atoms with van der Waals surface area (Å²) in [5.41, 5.74) is -1.92. The molecular weight excluding hydrogens is 398 g/mol. The molecule has 0 saturated carbocycles. The van der Waals surface area contributed by atoms with Gasteiger partial charge >= 0.3 is 6.18 Å². The van der Waals surface area contributed by atoms with E-state index >= 15 is 0 Å². The van der Waals surface area contributed by atoms with Crippen LogP contribution in [0.2, 0.25) is 0 Å². The molecule has 4 rings (SSSR count). The third kappa shape index (κ3) is 3.53. The third-order valence-electron chi connectivity index (χ3n) is 6.19.